The van der Waals surface area contributed by atoms with Crippen LogP contribution in [0.2, 0.25) is 0 Å². The molecule has 0 N–H and O–H groups in total. The summed E-state index contributed by atoms with van der Waals surface area (Å²) in [6, 6.07) is 7.60. The highest BCUT2D eigenvalue weighted by Crippen LogP contribution is 2.22. The number of ether oxygens (including phenoxy) is 1. The molecule has 0 aromatic heterocycles. The zero-order valence-corrected chi connectivity index (χ0v) is 11.4. The number of hydrogen-bond donors (Lipinski definition) is 0. The van der Waals surface area contributed by atoms with Crippen molar-refractivity contribution in [2.45, 2.75) is 47.1 Å². The average Bonchev–Trinajstić information content (AvgIpc) is 2.27. The third-order valence-corrected chi connectivity index (χ3v) is 3.10. The number of esters is 1. The molecule has 0 saturated carbocycles. The maximum Gasteiger partial charge on any atom is 0.338 e. The van der Waals surface area contributed by atoms with E-state index in [1.807, 2.05) is 31.2 Å². The summed E-state index contributed by atoms with van der Waals surface area (Å²) < 4.78 is 5.44. The van der Waals surface area contributed by atoms with Crippen molar-refractivity contribution in [3.63, 3.8) is 0 Å². The quantitative estimate of drug-likeness (QED) is 0.743. The monoisotopic (exact) mass is 234 g/mol. The summed E-state index contributed by atoms with van der Waals surface area (Å²) in [5.41, 5.74) is 1.82. The Morgan fingerprint density at radius 2 is 1.76 bits per heavy atom. The Morgan fingerprint density at radius 1 is 1.24 bits per heavy atom. The van der Waals surface area contributed by atoms with Crippen LogP contribution >= 0.6 is 0 Å². The van der Waals surface area contributed by atoms with E-state index in [9.17, 15) is 4.79 Å². The molecule has 2 nitrogen and oxygen atoms in total. The second kappa shape index (κ2) is 5.35. The zero-order valence-electron chi connectivity index (χ0n) is 11.4. The van der Waals surface area contributed by atoms with Gasteiger partial charge in [0.2, 0.25) is 0 Å². The van der Waals surface area contributed by atoms with Crippen molar-refractivity contribution >= 4 is 5.97 Å². The molecular formula is C15H22O2. The van der Waals surface area contributed by atoms with E-state index in [-0.39, 0.29) is 17.5 Å². The van der Waals surface area contributed by atoms with Gasteiger partial charge in [0.25, 0.3) is 0 Å². The molecule has 1 aromatic carbocycles. The molecule has 1 aromatic rings. The second-order valence-corrected chi connectivity index (χ2v) is 5.46. The highest BCUT2D eigenvalue weighted by Gasteiger charge is 2.24. The Bertz CT molecular complexity index is 371. The van der Waals surface area contributed by atoms with E-state index < -0.39 is 0 Å². The molecule has 0 heterocycles. The minimum atomic E-state index is -0.241. The van der Waals surface area contributed by atoms with Crippen molar-refractivity contribution in [2.24, 2.45) is 5.41 Å². The minimum Gasteiger partial charge on any atom is -0.459 e. The van der Waals surface area contributed by atoms with Gasteiger partial charge in [-0.2, -0.15) is 0 Å². The number of carbonyl (C=O) groups excluding carboxylic acids is 1. The Kier molecular flexibility index (Phi) is 4.33. The van der Waals surface area contributed by atoms with E-state index in [1.54, 1.807) is 0 Å². The average molecular weight is 234 g/mol. The molecule has 0 aliphatic heterocycles. The molecule has 17 heavy (non-hydrogen) atoms. The summed E-state index contributed by atoms with van der Waals surface area (Å²) in [6.45, 7) is 10.2. The molecule has 94 valence electrons. The van der Waals surface area contributed by atoms with Crippen LogP contribution in [0.1, 0.15) is 50.5 Å². The van der Waals surface area contributed by atoms with Gasteiger partial charge in [-0.3, -0.25) is 0 Å². The molecule has 0 unspecified atom stereocenters. The van der Waals surface area contributed by atoms with Crippen LogP contribution in [0.3, 0.4) is 0 Å². The zero-order chi connectivity index (χ0) is 13.1. The van der Waals surface area contributed by atoms with Gasteiger partial charge in [-0.15, -0.1) is 0 Å². The van der Waals surface area contributed by atoms with Crippen LogP contribution in [0.25, 0.3) is 0 Å². The van der Waals surface area contributed by atoms with Gasteiger partial charge < -0.3 is 4.74 Å². The third-order valence-electron chi connectivity index (χ3n) is 3.10. The topological polar surface area (TPSA) is 26.3 Å². The van der Waals surface area contributed by atoms with Crippen LogP contribution in [0.5, 0.6) is 0 Å². The summed E-state index contributed by atoms with van der Waals surface area (Å²) in [5.74, 6) is -0.241. The lowest BCUT2D eigenvalue weighted by Gasteiger charge is -2.26. The Hall–Kier alpha value is -1.31. The predicted molar refractivity (Wildman–Crippen MR) is 70.2 cm³/mol. The smallest absolute Gasteiger partial charge is 0.338 e. The summed E-state index contributed by atoms with van der Waals surface area (Å²) in [7, 11) is 0. The van der Waals surface area contributed by atoms with Crippen LogP contribution in [0, 0.1) is 5.41 Å². The summed E-state index contributed by atoms with van der Waals surface area (Å²) >= 11 is 0. The summed E-state index contributed by atoms with van der Waals surface area (Å²) in [5, 5.41) is 0. The first kappa shape index (κ1) is 13.8. The van der Waals surface area contributed by atoms with Gasteiger partial charge >= 0.3 is 5.97 Å². The molecular weight excluding hydrogens is 212 g/mol. The maximum atomic E-state index is 11.9. The summed E-state index contributed by atoms with van der Waals surface area (Å²) in [4.78, 5) is 11.9. The fourth-order valence-electron chi connectivity index (χ4n) is 1.28. The van der Waals surface area contributed by atoms with Crippen molar-refractivity contribution in [2.75, 3.05) is 0 Å². The van der Waals surface area contributed by atoms with Crippen molar-refractivity contribution in [1.82, 2.24) is 0 Å². The first-order valence-corrected chi connectivity index (χ1v) is 6.14. The summed E-state index contributed by atoms with van der Waals surface area (Å²) in [6.07, 6.45) is 0.883. The molecule has 0 saturated heterocycles. The van der Waals surface area contributed by atoms with Crippen molar-refractivity contribution in [3.8, 4) is 0 Å². The molecule has 0 aliphatic rings. The fraction of sp³-hybridized carbons (Fsp3) is 0.533. The predicted octanol–water partition coefficient (Wildman–Crippen LogP) is 3.84. The third kappa shape index (κ3) is 3.88. The molecule has 0 fully saturated rings. The Labute approximate surface area is 104 Å². The van der Waals surface area contributed by atoms with Crippen LogP contribution in [0.15, 0.2) is 24.3 Å². The molecule has 0 bridgehead atoms. The van der Waals surface area contributed by atoms with E-state index in [4.69, 9.17) is 4.74 Å². The SMILES string of the molecule is CCc1ccc(C(=O)O[C@H](C)C(C)(C)C)cc1. The van der Waals surface area contributed by atoms with E-state index in [0.29, 0.717) is 5.56 Å². The van der Waals surface area contributed by atoms with Crippen molar-refractivity contribution in [3.05, 3.63) is 35.4 Å². The number of benzene rings is 1. The highest BCUT2D eigenvalue weighted by molar-refractivity contribution is 5.89. The van der Waals surface area contributed by atoms with Gasteiger partial charge in [-0.1, -0.05) is 39.8 Å². The Morgan fingerprint density at radius 3 is 2.18 bits per heavy atom. The molecule has 0 radical (unpaired) electrons. The number of rotatable bonds is 3. The molecule has 0 spiro atoms. The normalized spacial score (nSPS) is 13.2. The van der Waals surface area contributed by atoms with Gasteiger partial charge in [0, 0.05) is 0 Å². The lowest BCUT2D eigenvalue weighted by molar-refractivity contribution is 0.00480. The van der Waals surface area contributed by atoms with E-state index in [0.717, 1.165) is 6.42 Å². The molecule has 0 aliphatic carbocycles. The van der Waals surface area contributed by atoms with Crippen LogP contribution in [0.4, 0.5) is 0 Å². The first-order chi connectivity index (χ1) is 7.84. The van der Waals surface area contributed by atoms with E-state index in [1.165, 1.54) is 5.56 Å². The molecule has 0 amide bonds. The fourth-order valence-corrected chi connectivity index (χ4v) is 1.28. The lowest BCUT2D eigenvalue weighted by atomic mass is 9.90. The lowest BCUT2D eigenvalue weighted by Crippen LogP contribution is -2.28. The molecule has 1 atom stereocenters. The first-order valence-electron chi connectivity index (χ1n) is 6.14. The largest absolute Gasteiger partial charge is 0.459 e. The number of aryl methyl sites for hydroxylation is 1. The van der Waals surface area contributed by atoms with Gasteiger partial charge in [-0.25, -0.2) is 4.79 Å². The molecule has 2 heteroatoms. The van der Waals surface area contributed by atoms with Crippen molar-refractivity contribution < 1.29 is 9.53 Å². The number of carbonyl (C=O) groups is 1. The van der Waals surface area contributed by atoms with E-state index >= 15 is 0 Å². The second-order valence-electron chi connectivity index (χ2n) is 5.46. The van der Waals surface area contributed by atoms with Crippen LogP contribution in [-0.4, -0.2) is 12.1 Å². The van der Waals surface area contributed by atoms with Crippen molar-refractivity contribution in [1.29, 1.82) is 0 Å². The van der Waals surface area contributed by atoms with Gasteiger partial charge in [0.05, 0.1) is 5.56 Å². The van der Waals surface area contributed by atoms with Crippen LogP contribution < -0.4 is 0 Å². The van der Waals surface area contributed by atoms with Gasteiger partial charge in [0.15, 0.2) is 0 Å². The highest BCUT2D eigenvalue weighted by atomic mass is 16.5. The van der Waals surface area contributed by atoms with Crippen LogP contribution in [-0.2, 0) is 11.2 Å². The maximum absolute atomic E-state index is 11.9. The van der Waals surface area contributed by atoms with Gasteiger partial charge in [-0.05, 0) is 36.5 Å². The Balaban J connectivity index is 2.70. The van der Waals surface area contributed by atoms with Gasteiger partial charge in [0.1, 0.15) is 6.10 Å². The van der Waals surface area contributed by atoms with E-state index in [2.05, 4.69) is 27.7 Å². The standard InChI is InChI=1S/C15H22O2/c1-6-12-7-9-13(10-8-12)14(16)17-11(2)15(3,4)5/h7-11H,6H2,1-5H3/t11-/m1/s1. The minimum absolute atomic E-state index is 0.0288. The number of hydrogen-bond acceptors (Lipinski definition) is 2. The molecule has 1 rings (SSSR count).